The lowest BCUT2D eigenvalue weighted by Gasteiger charge is -2.14. The van der Waals surface area contributed by atoms with Crippen molar-refractivity contribution in [1.82, 2.24) is 10.3 Å². The lowest BCUT2D eigenvalue weighted by atomic mass is 10.1. The summed E-state index contributed by atoms with van der Waals surface area (Å²) < 4.78 is 0. The van der Waals surface area contributed by atoms with Crippen molar-refractivity contribution >= 4 is 0 Å². The van der Waals surface area contributed by atoms with Crippen LogP contribution in [0.25, 0.3) is 0 Å². The van der Waals surface area contributed by atoms with Crippen molar-refractivity contribution in [2.24, 2.45) is 0 Å². The number of aromatic hydroxyl groups is 2. The summed E-state index contributed by atoms with van der Waals surface area (Å²) in [6.45, 7) is 2.78. The Kier molecular flexibility index (Phi) is 4.36. The third kappa shape index (κ3) is 3.96. The van der Waals surface area contributed by atoms with E-state index in [1.165, 1.54) is 6.07 Å². The molecule has 0 aliphatic carbocycles. The number of hydrogen-bond acceptors (Lipinski definition) is 4. The second-order valence-corrected chi connectivity index (χ2v) is 4.53. The summed E-state index contributed by atoms with van der Waals surface area (Å²) in [7, 11) is 0. The average Bonchev–Trinajstić information content (AvgIpc) is 2.38. The maximum absolute atomic E-state index is 9.45. The van der Waals surface area contributed by atoms with E-state index in [1.807, 2.05) is 25.1 Å². The summed E-state index contributed by atoms with van der Waals surface area (Å²) in [5, 5.41) is 22.2. The number of hydrogen-bond donors (Lipinski definition) is 3. The second kappa shape index (κ2) is 6.20. The zero-order valence-corrected chi connectivity index (χ0v) is 10.9. The molecule has 1 aromatic carbocycles. The highest BCUT2D eigenvalue weighted by Gasteiger charge is 2.07. The van der Waals surface area contributed by atoms with E-state index in [0.717, 1.165) is 24.2 Å². The van der Waals surface area contributed by atoms with Crippen molar-refractivity contribution in [2.75, 3.05) is 6.54 Å². The minimum atomic E-state index is 0.0571. The molecule has 0 radical (unpaired) electrons. The van der Waals surface area contributed by atoms with Gasteiger partial charge in [-0.15, -0.1) is 0 Å². The molecule has 4 nitrogen and oxygen atoms in total. The number of phenolic OH excluding ortho intramolecular Hbond substituents is 2. The maximum atomic E-state index is 9.45. The van der Waals surface area contributed by atoms with E-state index in [2.05, 4.69) is 10.3 Å². The molecule has 0 aliphatic rings. The Balaban J connectivity index is 1.89. The van der Waals surface area contributed by atoms with Gasteiger partial charge in [0.25, 0.3) is 0 Å². The van der Waals surface area contributed by atoms with Gasteiger partial charge in [-0.25, -0.2) is 0 Å². The van der Waals surface area contributed by atoms with E-state index < -0.39 is 0 Å². The number of nitrogens with one attached hydrogen (secondary N) is 1. The summed E-state index contributed by atoms with van der Waals surface area (Å²) in [4.78, 5) is 4.26. The Morgan fingerprint density at radius 1 is 1.16 bits per heavy atom. The first-order valence-corrected chi connectivity index (χ1v) is 6.31. The number of aromatic nitrogens is 1. The first-order chi connectivity index (χ1) is 9.15. The van der Waals surface area contributed by atoms with Crippen molar-refractivity contribution in [3.05, 3.63) is 53.9 Å². The highest BCUT2D eigenvalue weighted by molar-refractivity contribution is 5.37. The normalized spacial score (nSPS) is 12.3. The van der Waals surface area contributed by atoms with E-state index in [9.17, 15) is 10.2 Å². The van der Waals surface area contributed by atoms with Gasteiger partial charge in [0.1, 0.15) is 11.5 Å². The Morgan fingerprint density at radius 2 is 1.89 bits per heavy atom. The predicted octanol–water partition coefficient (Wildman–Crippen LogP) is 2.39. The average molecular weight is 258 g/mol. The van der Waals surface area contributed by atoms with E-state index >= 15 is 0 Å². The largest absolute Gasteiger partial charge is 0.508 e. The van der Waals surface area contributed by atoms with Gasteiger partial charge >= 0.3 is 0 Å². The molecule has 1 unspecified atom stereocenters. The van der Waals surface area contributed by atoms with E-state index in [4.69, 9.17) is 0 Å². The Hall–Kier alpha value is -2.07. The highest BCUT2D eigenvalue weighted by atomic mass is 16.3. The summed E-state index contributed by atoms with van der Waals surface area (Å²) >= 11 is 0. The summed E-state index contributed by atoms with van der Waals surface area (Å²) in [6.07, 6.45) is 2.63. The van der Waals surface area contributed by atoms with Crippen molar-refractivity contribution in [2.45, 2.75) is 19.4 Å². The SMILES string of the molecule is CC(NCCc1ccccn1)c1cc(O)cc(O)c1. The van der Waals surface area contributed by atoms with Crippen LogP contribution in [-0.4, -0.2) is 21.7 Å². The summed E-state index contributed by atoms with van der Waals surface area (Å²) in [5.74, 6) is 0.154. The fraction of sp³-hybridized carbons (Fsp3) is 0.267. The first-order valence-electron chi connectivity index (χ1n) is 6.31. The van der Waals surface area contributed by atoms with Gasteiger partial charge in [-0.05, 0) is 36.8 Å². The zero-order chi connectivity index (χ0) is 13.7. The van der Waals surface area contributed by atoms with Gasteiger partial charge in [0.15, 0.2) is 0 Å². The number of rotatable bonds is 5. The topological polar surface area (TPSA) is 65.4 Å². The molecule has 3 N–H and O–H groups in total. The van der Waals surface area contributed by atoms with Gasteiger partial charge in [0.05, 0.1) is 0 Å². The van der Waals surface area contributed by atoms with Crippen molar-refractivity contribution in [3.8, 4) is 11.5 Å². The van der Waals surface area contributed by atoms with Crippen LogP contribution in [0.15, 0.2) is 42.6 Å². The highest BCUT2D eigenvalue weighted by Crippen LogP contribution is 2.24. The van der Waals surface area contributed by atoms with Crippen LogP contribution < -0.4 is 5.32 Å². The van der Waals surface area contributed by atoms with E-state index in [1.54, 1.807) is 18.3 Å². The lowest BCUT2D eigenvalue weighted by Crippen LogP contribution is -2.21. The molecular formula is C15H18N2O2. The fourth-order valence-electron chi connectivity index (χ4n) is 1.95. The van der Waals surface area contributed by atoms with Crippen LogP contribution in [0.2, 0.25) is 0 Å². The minimum Gasteiger partial charge on any atom is -0.508 e. The molecule has 0 bridgehead atoms. The Morgan fingerprint density at radius 3 is 2.53 bits per heavy atom. The molecule has 1 atom stereocenters. The standard InChI is InChI=1S/C15H18N2O2/c1-11(12-8-14(18)10-15(19)9-12)16-7-5-13-4-2-3-6-17-13/h2-4,6,8-11,16,18-19H,5,7H2,1H3. The van der Waals surface area contributed by atoms with E-state index in [-0.39, 0.29) is 17.5 Å². The number of benzene rings is 1. The van der Waals surface area contributed by atoms with Crippen LogP contribution in [-0.2, 0) is 6.42 Å². The minimum absolute atomic E-state index is 0.0571. The maximum Gasteiger partial charge on any atom is 0.119 e. The molecule has 0 aliphatic heterocycles. The van der Waals surface area contributed by atoms with Crippen LogP contribution in [0.1, 0.15) is 24.2 Å². The van der Waals surface area contributed by atoms with Gasteiger partial charge in [0.2, 0.25) is 0 Å². The van der Waals surface area contributed by atoms with Gasteiger partial charge in [-0.2, -0.15) is 0 Å². The fourth-order valence-corrected chi connectivity index (χ4v) is 1.95. The monoisotopic (exact) mass is 258 g/mol. The summed E-state index contributed by atoms with van der Waals surface area (Å²) in [5.41, 5.74) is 1.90. The molecule has 0 fully saturated rings. The smallest absolute Gasteiger partial charge is 0.119 e. The lowest BCUT2D eigenvalue weighted by molar-refractivity contribution is 0.446. The van der Waals surface area contributed by atoms with Crippen LogP contribution in [0.4, 0.5) is 0 Å². The van der Waals surface area contributed by atoms with Crippen LogP contribution in [0.5, 0.6) is 11.5 Å². The van der Waals surface area contributed by atoms with E-state index in [0.29, 0.717) is 0 Å². The van der Waals surface area contributed by atoms with Gasteiger partial charge in [0, 0.05) is 37.0 Å². The zero-order valence-electron chi connectivity index (χ0n) is 10.9. The third-order valence-corrected chi connectivity index (χ3v) is 2.98. The van der Waals surface area contributed by atoms with Crippen molar-refractivity contribution < 1.29 is 10.2 Å². The second-order valence-electron chi connectivity index (χ2n) is 4.53. The van der Waals surface area contributed by atoms with Crippen LogP contribution >= 0.6 is 0 Å². The molecule has 2 rings (SSSR count). The molecule has 0 spiro atoms. The quantitative estimate of drug-likeness (QED) is 0.770. The molecule has 0 amide bonds. The third-order valence-electron chi connectivity index (χ3n) is 2.98. The Labute approximate surface area is 112 Å². The molecule has 1 heterocycles. The molecule has 4 heteroatoms. The predicted molar refractivity (Wildman–Crippen MR) is 74.1 cm³/mol. The molecular weight excluding hydrogens is 240 g/mol. The van der Waals surface area contributed by atoms with Crippen molar-refractivity contribution in [3.63, 3.8) is 0 Å². The molecule has 2 aromatic rings. The van der Waals surface area contributed by atoms with Crippen LogP contribution in [0.3, 0.4) is 0 Å². The molecule has 19 heavy (non-hydrogen) atoms. The van der Waals surface area contributed by atoms with Gasteiger partial charge in [-0.1, -0.05) is 6.07 Å². The summed E-state index contributed by atoms with van der Waals surface area (Å²) in [6, 6.07) is 10.5. The molecule has 1 aromatic heterocycles. The first kappa shape index (κ1) is 13.4. The Bertz CT molecular complexity index is 509. The number of phenols is 2. The van der Waals surface area contributed by atoms with Crippen LogP contribution in [0, 0.1) is 0 Å². The molecule has 0 saturated carbocycles. The van der Waals surface area contributed by atoms with Crippen molar-refractivity contribution in [1.29, 1.82) is 0 Å². The van der Waals surface area contributed by atoms with Gasteiger partial charge in [-0.3, -0.25) is 4.98 Å². The molecule has 0 saturated heterocycles. The number of pyridine rings is 1. The number of nitrogens with zero attached hydrogens (tertiary/aromatic N) is 1. The van der Waals surface area contributed by atoms with Gasteiger partial charge < -0.3 is 15.5 Å². The molecule has 100 valence electrons.